The van der Waals surface area contributed by atoms with Gasteiger partial charge in [0.25, 0.3) is 21.8 Å². The average Bonchev–Trinajstić information content (AvgIpc) is 3.04. The monoisotopic (exact) mass is 484 g/mol. The molecule has 1 heterocycles. The van der Waals surface area contributed by atoms with Crippen LogP contribution in [0.25, 0.3) is 0 Å². The third kappa shape index (κ3) is 4.59. The second-order valence-electron chi connectivity index (χ2n) is 7.05. The number of anilines is 1. The molecule has 10 heteroatoms. The molecular weight excluding hydrogens is 468 g/mol. The first-order chi connectivity index (χ1) is 15.8. The lowest BCUT2D eigenvalue weighted by Crippen LogP contribution is -2.33. The number of nitrogens with zero attached hydrogens (tertiary/aromatic N) is 1. The first-order valence-electron chi connectivity index (χ1n) is 9.78. The van der Waals surface area contributed by atoms with E-state index in [1.807, 2.05) is 0 Å². The summed E-state index contributed by atoms with van der Waals surface area (Å²) < 4.78 is 32.9. The predicted molar refractivity (Wildman–Crippen MR) is 121 cm³/mol. The Morgan fingerprint density at radius 1 is 0.879 bits per heavy atom. The van der Waals surface area contributed by atoms with Gasteiger partial charge in [-0.1, -0.05) is 35.9 Å². The van der Waals surface area contributed by atoms with Crippen LogP contribution in [0.2, 0.25) is 5.02 Å². The summed E-state index contributed by atoms with van der Waals surface area (Å²) in [6.07, 6.45) is 0. The van der Waals surface area contributed by atoms with Crippen molar-refractivity contribution in [2.75, 3.05) is 17.9 Å². The number of hydrogen-bond donors (Lipinski definition) is 1. The Morgan fingerprint density at radius 3 is 2.09 bits per heavy atom. The number of rotatable bonds is 7. The number of nitrogens with one attached hydrogen (secondary N) is 1. The van der Waals surface area contributed by atoms with E-state index in [-0.39, 0.29) is 29.3 Å². The molecule has 0 saturated heterocycles. The molecule has 0 radical (unpaired) electrons. The summed E-state index contributed by atoms with van der Waals surface area (Å²) >= 11 is 5.81. The number of ether oxygens (including phenoxy) is 1. The Hall–Kier alpha value is -3.69. The van der Waals surface area contributed by atoms with Crippen LogP contribution in [-0.4, -0.2) is 44.3 Å². The SMILES string of the molecule is O=C(OCCN1C(=O)c2ccccc2C1=O)c1ccccc1NS(=O)(=O)c1ccc(Cl)cc1. The zero-order valence-corrected chi connectivity index (χ0v) is 18.6. The van der Waals surface area contributed by atoms with Crippen LogP contribution >= 0.6 is 11.6 Å². The van der Waals surface area contributed by atoms with Crippen LogP contribution in [0, 0.1) is 0 Å². The number of amides is 2. The first-order valence-corrected chi connectivity index (χ1v) is 11.6. The van der Waals surface area contributed by atoms with Gasteiger partial charge in [0.1, 0.15) is 6.61 Å². The van der Waals surface area contributed by atoms with Crippen LogP contribution in [0.4, 0.5) is 5.69 Å². The zero-order valence-electron chi connectivity index (χ0n) is 17.0. The van der Waals surface area contributed by atoms with Crippen LogP contribution in [0.15, 0.2) is 77.7 Å². The van der Waals surface area contributed by atoms with Crippen molar-refractivity contribution in [2.24, 2.45) is 0 Å². The fraction of sp³-hybridized carbons (Fsp3) is 0.0870. The van der Waals surface area contributed by atoms with Gasteiger partial charge in [-0.3, -0.25) is 19.2 Å². The van der Waals surface area contributed by atoms with E-state index in [4.69, 9.17) is 16.3 Å². The Balaban J connectivity index is 1.43. The summed E-state index contributed by atoms with van der Waals surface area (Å²) in [5, 5.41) is 0.385. The number of carbonyl (C=O) groups is 3. The van der Waals surface area contributed by atoms with Gasteiger partial charge in [0.15, 0.2) is 0 Å². The minimum Gasteiger partial charge on any atom is -0.460 e. The van der Waals surface area contributed by atoms with Gasteiger partial charge >= 0.3 is 5.97 Å². The highest BCUT2D eigenvalue weighted by Gasteiger charge is 2.35. The van der Waals surface area contributed by atoms with E-state index in [0.717, 1.165) is 4.90 Å². The Morgan fingerprint density at radius 2 is 1.45 bits per heavy atom. The molecule has 168 valence electrons. The number of sulfonamides is 1. The van der Waals surface area contributed by atoms with Crippen molar-refractivity contribution in [3.05, 3.63) is 94.5 Å². The fourth-order valence-corrected chi connectivity index (χ4v) is 4.52. The van der Waals surface area contributed by atoms with Gasteiger partial charge in [0.05, 0.1) is 33.8 Å². The summed E-state index contributed by atoms with van der Waals surface area (Å²) in [7, 11) is -3.98. The van der Waals surface area contributed by atoms with Crippen LogP contribution in [-0.2, 0) is 14.8 Å². The molecule has 1 aliphatic heterocycles. The Bertz CT molecular complexity index is 1320. The molecule has 0 atom stereocenters. The van der Waals surface area contributed by atoms with Gasteiger partial charge in [-0.05, 0) is 48.5 Å². The first kappa shape index (κ1) is 22.5. The standard InChI is InChI=1S/C23H17ClN2O6S/c24-15-9-11-16(12-10-15)33(30,31)25-20-8-4-3-7-19(20)23(29)32-14-13-26-21(27)17-5-1-2-6-18(17)22(26)28/h1-12,25H,13-14H2. The van der Waals surface area contributed by atoms with Gasteiger partial charge in [0, 0.05) is 5.02 Å². The van der Waals surface area contributed by atoms with Crippen LogP contribution in [0.1, 0.15) is 31.1 Å². The quantitative estimate of drug-likeness (QED) is 0.405. The maximum atomic E-state index is 12.7. The molecule has 8 nitrogen and oxygen atoms in total. The summed E-state index contributed by atoms with van der Waals surface area (Å²) in [4.78, 5) is 38.4. The maximum Gasteiger partial charge on any atom is 0.340 e. The van der Waals surface area contributed by atoms with E-state index in [1.165, 1.54) is 36.4 Å². The van der Waals surface area contributed by atoms with Crippen LogP contribution in [0.3, 0.4) is 0 Å². The lowest BCUT2D eigenvalue weighted by Gasteiger charge is -2.15. The molecule has 0 aliphatic carbocycles. The van der Waals surface area contributed by atoms with Crippen molar-refractivity contribution < 1.29 is 27.5 Å². The molecular formula is C23H17ClN2O6S. The Kier molecular flexibility index (Phi) is 6.17. The normalized spacial score (nSPS) is 13.1. The zero-order chi connectivity index (χ0) is 23.6. The summed E-state index contributed by atoms with van der Waals surface area (Å²) in [6.45, 7) is -0.376. The van der Waals surface area contributed by atoms with Gasteiger partial charge in [-0.15, -0.1) is 0 Å². The van der Waals surface area contributed by atoms with Crippen molar-refractivity contribution in [2.45, 2.75) is 4.90 Å². The summed E-state index contributed by atoms with van der Waals surface area (Å²) in [5.74, 6) is -1.72. The third-order valence-electron chi connectivity index (χ3n) is 4.94. The van der Waals surface area contributed by atoms with Gasteiger partial charge < -0.3 is 4.74 Å². The van der Waals surface area contributed by atoms with E-state index in [0.29, 0.717) is 16.1 Å². The van der Waals surface area contributed by atoms with Crippen molar-refractivity contribution in [3.8, 4) is 0 Å². The molecule has 1 N–H and O–H groups in total. The van der Waals surface area contributed by atoms with Crippen molar-refractivity contribution in [1.82, 2.24) is 4.90 Å². The lowest BCUT2D eigenvalue weighted by atomic mass is 10.1. The molecule has 0 bridgehead atoms. The molecule has 4 rings (SSSR count). The van der Waals surface area contributed by atoms with Gasteiger partial charge in [-0.25, -0.2) is 13.2 Å². The van der Waals surface area contributed by atoms with E-state index >= 15 is 0 Å². The highest BCUT2D eigenvalue weighted by molar-refractivity contribution is 7.92. The minimum absolute atomic E-state index is 0.0163. The number of imide groups is 1. The van der Waals surface area contributed by atoms with Crippen molar-refractivity contribution >= 4 is 45.1 Å². The number of para-hydroxylation sites is 1. The van der Waals surface area contributed by atoms with Crippen LogP contribution in [0.5, 0.6) is 0 Å². The van der Waals surface area contributed by atoms with Crippen molar-refractivity contribution in [3.63, 3.8) is 0 Å². The van der Waals surface area contributed by atoms with Crippen LogP contribution < -0.4 is 4.72 Å². The van der Waals surface area contributed by atoms with Gasteiger partial charge in [-0.2, -0.15) is 0 Å². The number of fused-ring (bicyclic) bond motifs is 1. The number of carbonyl (C=O) groups excluding carboxylic acids is 3. The molecule has 0 spiro atoms. The topological polar surface area (TPSA) is 110 Å². The second-order valence-corrected chi connectivity index (χ2v) is 9.17. The summed E-state index contributed by atoms with van der Waals surface area (Å²) in [5.41, 5.74) is 0.613. The largest absolute Gasteiger partial charge is 0.460 e. The molecule has 33 heavy (non-hydrogen) atoms. The van der Waals surface area contributed by atoms with E-state index in [1.54, 1.807) is 36.4 Å². The van der Waals surface area contributed by atoms with E-state index in [2.05, 4.69) is 4.72 Å². The molecule has 0 aromatic heterocycles. The number of esters is 1. The van der Waals surface area contributed by atoms with Gasteiger partial charge in [0.2, 0.25) is 0 Å². The smallest absolute Gasteiger partial charge is 0.340 e. The van der Waals surface area contributed by atoms with Crippen molar-refractivity contribution in [1.29, 1.82) is 0 Å². The minimum atomic E-state index is -3.98. The maximum absolute atomic E-state index is 12.7. The molecule has 2 amide bonds. The Labute approximate surface area is 194 Å². The summed E-state index contributed by atoms with van der Waals surface area (Å²) in [6, 6.07) is 18.0. The number of halogens is 1. The second kappa shape index (κ2) is 9.05. The molecule has 0 fully saturated rings. The van der Waals surface area contributed by atoms with E-state index in [9.17, 15) is 22.8 Å². The predicted octanol–water partition coefficient (Wildman–Crippen LogP) is 3.59. The fourth-order valence-electron chi connectivity index (χ4n) is 3.32. The number of hydrogen-bond acceptors (Lipinski definition) is 6. The molecule has 0 saturated carbocycles. The molecule has 0 unspecified atom stereocenters. The third-order valence-corrected chi connectivity index (χ3v) is 6.57. The molecule has 3 aromatic carbocycles. The number of benzene rings is 3. The lowest BCUT2D eigenvalue weighted by molar-refractivity contribution is 0.0421. The highest BCUT2D eigenvalue weighted by atomic mass is 35.5. The highest BCUT2D eigenvalue weighted by Crippen LogP contribution is 2.24. The molecule has 1 aliphatic rings. The van der Waals surface area contributed by atoms with E-state index < -0.39 is 27.8 Å². The molecule has 3 aromatic rings. The average molecular weight is 485 g/mol.